The Morgan fingerprint density at radius 2 is 1.48 bits per heavy atom. The molecule has 2 aliphatic carbocycles. The van der Waals surface area contributed by atoms with Crippen molar-refractivity contribution in [2.75, 3.05) is 33.2 Å². The summed E-state index contributed by atoms with van der Waals surface area (Å²) in [5.74, 6) is 0.215. The second kappa shape index (κ2) is 6.05. The van der Waals surface area contributed by atoms with E-state index in [1.165, 1.54) is 0 Å². The lowest BCUT2D eigenvalue weighted by Crippen LogP contribution is -2.57. The quantitative estimate of drug-likeness (QED) is 0.681. The Balaban J connectivity index is 1.72. The van der Waals surface area contributed by atoms with Crippen LogP contribution >= 0.6 is 23.2 Å². The fraction of sp³-hybridized carbons (Fsp3) is 0.591. The molecule has 5 rings (SSSR count). The van der Waals surface area contributed by atoms with E-state index in [-0.39, 0.29) is 16.7 Å². The second-order valence-electron chi connectivity index (χ2n) is 9.63. The van der Waals surface area contributed by atoms with Gasteiger partial charge in [0.1, 0.15) is 0 Å². The van der Waals surface area contributed by atoms with Gasteiger partial charge in [-0.05, 0) is 37.4 Å². The summed E-state index contributed by atoms with van der Waals surface area (Å²) in [6.07, 6.45) is 1.75. The number of fused-ring (bicyclic) bond motifs is 6. The van der Waals surface area contributed by atoms with Crippen LogP contribution in [0.3, 0.4) is 0 Å². The number of amides is 1. The van der Waals surface area contributed by atoms with Gasteiger partial charge in [-0.15, -0.1) is 0 Å². The molecule has 29 heavy (non-hydrogen) atoms. The molecule has 1 amide bonds. The topological polar surface area (TPSA) is 49.3 Å². The van der Waals surface area contributed by atoms with Crippen LogP contribution in [-0.2, 0) is 15.6 Å². The fourth-order valence-corrected chi connectivity index (χ4v) is 6.17. The molecule has 154 valence electrons. The van der Waals surface area contributed by atoms with Crippen molar-refractivity contribution in [1.82, 2.24) is 19.8 Å². The largest absolute Gasteiger partial charge is 0.339 e. The standard InChI is InChI=1S/C22H26Cl2N4O/c1-20(2)21(3)5-6-22(20,19(29)28-9-7-27(4)8-10-28)18-17(21)25-15-11-13(23)14(24)12-16(15)26-18/h11-12H,5-10H2,1-4H3. The summed E-state index contributed by atoms with van der Waals surface area (Å²) in [5, 5.41) is 0.936. The van der Waals surface area contributed by atoms with E-state index in [1.54, 1.807) is 12.1 Å². The Hall–Kier alpha value is -1.43. The Kier molecular flexibility index (Phi) is 4.08. The minimum atomic E-state index is -0.639. The van der Waals surface area contributed by atoms with E-state index in [1.807, 2.05) is 4.90 Å². The Labute approximate surface area is 181 Å². The van der Waals surface area contributed by atoms with Crippen LogP contribution in [0.15, 0.2) is 12.1 Å². The average molecular weight is 433 g/mol. The first-order chi connectivity index (χ1) is 13.6. The van der Waals surface area contributed by atoms with Crippen molar-refractivity contribution in [3.05, 3.63) is 33.6 Å². The minimum absolute atomic E-state index is 0.197. The van der Waals surface area contributed by atoms with E-state index in [0.29, 0.717) is 15.6 Å². The number of halogens is 2. The van der Waals surface area contributed by atoms with Crippen molar-refractivity contribution in [2.45, 2.75) is 44.4 Å². The number of hydrogen-bond donors (Lipinski definition) is 0. The molecular formula is C22H26Cl2N4O. The molecule has 2 unspecified atom stereocenters. The van der Waals surface area contributed by atoms with Gasteiger partial charge in [0.05, 0.1) is 37.9 Å². The van der Waals surface area contributed by atoms with Gasteiger partial charge in [-0.1, -0.05) is 44.0 Å². The molecule has 2 fully saturated rings. The predicted molar refractivity (Wildman–Crippen MR) is 116 cm³/mol. The Morgan fingerprint density at radius 3 is 2.07 bits per heavy atom. The number of nitrogens with zero attached hydrogens (tertiary/aromatic N) is 4. The van der Waals surface area contributed by atoms with Crippen molar-refractivity contribution in [2.24, 2.45) is 5.41 Å². The molecule has 1 aliphatic heterocycles. The van der Waals surface area contributed by atoms with Gasteiger partial charge in [0, 0.05) is 31.6 Å². The van der Waals surface area contributed by atoms with Crippen molar-refractivity contribution in [3.63, 3.8) is 0 Å². The normalized spacial score (nSPS) is 30.8. The lowest BCUT2D eigenvalue weighted by molar-refractivity contribution is -0.143. The number of aromatic nitrogens is 2. The first-order valence-corrected chi connectivity index (χ1v) is 11.0. The summed E-state index contributed by atoms with van der Waals surface area (Å²) >= 11 is 12.5. The average Bonchev–Trinajstić information content (AvgIpc) is 2.97. The summed E-state index contributed by atoms with van der Waals surface area (Å²) in [4.78, 5) is 28.4. The lowest BCUT2D eigenvalue weighted by atomic mass is 9.63. The zero-order chi connectivity index (χ0) is 20.8. The molecule has 3 aliphatic rings. The number of hydrogen-bond acceptors (Lipinski definition) is 4. The van der Waals surface area contributed by atoms with Crippen LogP contribution < -0.4 is 0 Å². The summed E-state index contributed by atoms with van der Waals surface area (Å²) in [6, 6.07) is 3.55. The van der Waals surface area contributed by atoms with Crippen LogP contribution in [0, 0.1) is 5.41 Å². The molecule has 0 radical (unpaired) electrons. The van der Waals surface area contributed by atoms with Crippen LogP contribution in [0.4, 0.5) is 0 Å². The molecule has 5 nitrogen and oxygen atoms in total. The second-order valence-corrected chi connectivity index (χ2v) is 10.4. The molecule has 2 bridgehead atoms. The van der Waals surface area contributed by atoms with Crippen LogP contribution in [0.2, 0.25) is 10.0 Å². The number of piperazine rings is 1. The molecule has 2 aromatic rings. The van der Waals surface area contributed by atoms with E-state index < -0.39 is 5.41 Å². The van der Waals surface area contributed by atoms with Gasteiger partial charge in [0.15, 0.2) is 0 Å². The van der Waals surface area contributed by atoms with Crippen molar-refractivity contribution in [3.8, 4) is 0 Å². The Morgan fingerprint density at radius 1 is 0.931 bits per heavy atom. The first kappa shape index (κ1) is 19.5. The van der Waals surface area contributed by atoms with Crippen molar-refractivity contribution in [1.29, 1.82) is 0 Å². The molecule has 1 saturated heterocycles. The van der Waals surface area contributed by atoms with Crippen LogP contribution in [0.1, 0.15) is 45.0 Å². The number of likely N-dealkylation sites (N-methyl/N-ethyl adjacent to an activating group) is 1. The van der Waals surface area contributed by atoms with Gasteiger partial charge >= 0.3 is 0 Å². The van der Waals surface area contributed by atoms with Crippen LogP contribution in [-0.4, -0.2) is 58.9 Å². The third kappa shape index (κ3) is 2.30. The molecule has 7 heteroatoms. The summed E-state index contributed by atoms with van der Waals surface area (Å²) < 4.78 is 0. The van der Waals surface area contributed by atoms with E-state index in [0.717, 1.165) is 55.9 Å². The number of rotatable bonds is 1. The van der Waals surface area contributed by atoms with Crippen molar-refractivity contribution < 1.29 is 4.79 Å². The number of carbonyl (C=O) groups excluding carboxylic acids is 1. The van der Waals surface area contributed by atoms with Gasteiger partial charge in [-0.2, -0.15) is 0 Å². The zero-order valence-electron chi connectivity index (χ0n) is 17.4. The number of benzene rings is 1. The maximum absolute atomic E-state index is 14.1. The molecule has 1 aromatic carbocycles. The van der Waals surface area contributed by atoms with E-state index >= 15 is 0 Å². The zero-order valence-corrected chi connectivity index (χ0v) is 18.9. The summed E-state index contributed by atoms with van der Waals surface area (Å²) in [5.41, 5.74) is 2.15. The molecule has 2 heterocycles. The van der Waals surface area contributed by atoms with Crippen LogP contribution in [0.25, 0.3) is 11.0 Å². The summed E-state index contributed by atoms with van der Waals surface area (Å²) in [7, 11) is 2.11. The number of carbonyl (C=O) groups is 1. The predicted octanol–water partition coefficient (Wildman–Crippen LogP) is 4.04. The van der Waals surface area contributed by atoms with Gasteiger partial charge in [-0.25, -0.2) is 9.97 Å². The van der Waals surface area contributed by atoms with Gasteiger partial charge in [0.25, 0.3) is 0 Å². The first-order valence-electron chi connectivity index (χ1n) is 10.3. The van der Waals surface area contributed by atoms with Gasteiger partial charge in [0.2, 0.25) is 5.91 Å². The lowest BCUT2D eigenvalue weighted by Gasteiger charge is -2.44. The van der Waals surface area contributed by atoms with Gasteiger partial charge in [-0.3, -0.25) is 4.79 Å². The molecular weight excluding hydrogens is 407 g/mol. The maximum atomic E-state index is 14.1. The summed E-state index contributed by atoms with van der Waals surface area (Å²) in [6.45, 7) is 10.0. The highest BCUT2D eigenvalue weighted by Crippen LogP contribution is 2.70. The third-order valence-electron chi connectivity index (χ3n) is 8.24. The monoisotopic (exact) mass is 432 g/mol. The molecule has 0 spiro atoms. The van der Waals surface area contributed by atoms with E-state index in [9.17, 15) is 4.79 Å². The highest BCUT2D eigenvalue weighted by atomic mass is 35.5. The SMILES string of the molecule is CN1CCN(C(=O)C23CCC(C)(c4nc5cc(Cl)c(Cl)cc5nc42)C3(C)C)CC1. The smallest absolute Gasteiger partial charge is 0.235 e. The van der Waals surface area contributed by atoms with Crippen molar-refractivity contribution >= 4 is 40.1 Å². The molecule has 2 atom stereocenters. The highest BCUT2D eigenvalue weighted by Gasteiger charge is 2.73. The van der Waals surface area contributed by atoms with E-state index in [4.69, 9.17) is 33.2 Å². The van der Waals surface area contributed by atoms with E-state index in [2.05, 4.69) is 32.7 Å². The Bertz CT molecular complexity index is 1050. The van der Waals surface area contributed by atoms with Crippen LogP contribution in [0.5, 0.6) is 0 Å². The fourth-order valence-electron chi connectivity index (χ4n) is 5.85. The molecule has 1 aromatic heterocycles. The third-order valence-corrected chi connectivity index (χ3v) is 8.96. The molecule has 1 saturated carbocycles. The minimum Gasteiger partial charge on any atom is -0.339 e. The highest BCUT2D eigenvalue weighted by molar-refractivity contribution is 6.42. The maximum Gasteiger partial charge on any atom is 0.235 e. The molecule has 0 N–H and O–H groups in total. The van der Waals surface area contributed by atoms with Gasteiger partial charge < -0.3 is 9.80 Å².